The van der Waals surface area contributed by atoms with E-state index < -0.39 is 29.3 Å². The molecular formula is C28H33BrClN3O5S2. The zero-order valence-electron chi connectivity index (χ0n) is 23.4. The summed E-state index contributed by atoms with van der Waals surface area (Å²) >= 11 is 13.1. The van der Waals surface area contributed by atoms with Gasteiger partial charge in [0.25, 0.3) is 0 Å². The number of carbonyl (C=O) groups excluding carboxylic acids is 3. The standard InChI is InChI=1S/C28H33BrClN3O5S2/c1-27(2,3)37-25(35)32-11-9-17(19(34)10-12-32)23-21(29)22-24(40-23)18(14-20(30)31-22)33(15-16-8-7-13-39-16)26(36)38-28(4,5)6/h7-8,13-14,17H,9-12,15H2,1-6H3. The average Bonchev–Trinajstić information content (AvgIpc) is 3.40. The Balaban J connectivity index is 1.72. The van der Waals surface area contributed by atoms with Crippen LogP contribution in [0.3, 0.4) is 0 Å². The van der Waals surface area contributed by atoms with Crippen LogP contribution in [0, 0.1) is 0 Å². The Hall–Kier alpha value is -2.21. The van der Waals surface area contributed by atoms with E-state index in [0.29, 0.717) is 41.7 Å². The summed E-state index contributed by atoms with van der Waals surface area (Å²) in [4.78, 5) is 49.0. The van der Waals surface area contributed by atoms with Crippen molar-refractivity contribution in [2.24, 2.45) is 0 Å². The maximum absolute atomic E-state index is 13.5. The molecule has 0 N–H and O–H groups in total. The van der Waals surface area contributed by atoms with E-state index in [1.807, 2.05) is 59.1 Å². The van der Waals surface area contributed by atoms with E-state index in [4.69, 9.17) is 21.1 Å². The van der Waals surface area contributed by atoms with Crippen LogP contribution >= 0.6 is 50.2 Å². The first-order valence-corrected chi connectivity index (χ1v) is 15.8. The highest BCUT2D eigenvalue weighted by atomic mass is 79.9. The Morgan fingerprint density at radius 3 is 2.50 bits per heavy atom. The highest BCUT2D eigenvalue weighted by Gasteiger charge is 2.34. The lowest BCUT2D eigenvalue weighted by molar-refractivity contribution is -0.120. The number of anilines is 1. The summed E-state index contributed by atoms with van der Waals surface area (Å²) in [6.07, 6.45) is -0.270. The van der Waals surface area contributed by atoms with Crippen molar-refractivity contribution in [3.05, 3.63) is 43.0 Å². The molecule has 0 spiro atoms. The molecule has 1 fully saturated rings. The molecule has 4 heterocycles. The maximum atomic E-state index is 13.5. The van der Waals surface area contributed by atoms with Crippen LogP contribution in [0.5, 0.6) is 0 Å². The molecule has 2 amide bonds. The molecule has 0 aromatic carbocycles. The van der Waals surface area contributed by atoms with Gasteiger partial charge in [-0.2, -0.15) is 0 Å². The summed E-state index contributed by atoms with van der Waals surface area (Å²) in [6.45, 7) is 11.9. The molecule has 1 saturated heterocycles. The van der Waals surface area contributed by atoms with E-state index in [2.05, 4.69) is 20.9 Å². The van der Waals surface area contributed by atoms with Gasteiger partial charge in [-0.15, -0.1) is 22.7 Å². The molecule has 1 unspecified atom stereocenters. The van der Waals surface area contributed by atoms with Crippen molar-refractivity contribution in [3.8, 4) is 0 Å². The van der Waals surface area contributed by atoms with Crippen LogP contribution in [0.15, 0.2) is 28.1 Å². The van der Waals surface area contributed by atoms with Gasteiger partial charge < -0.3 is 14.4 Å². The van der Waals surface area contributed by atoms with Gasteiger partial charge in [0.05, 0.1) is 32.8 Å². The molecule has 3 aromatic rings. The van der Waals surface area contributed by atoms with Crippen LogP contribution in [0.1, 0.15) is 70.1 Å². The number of hydrogen-bond donors (Lipinski definition) is 0. The summed E-state index contributed by atoms with van der Waals surface area (Å²) in [5, 5.41) is 2.17. The average molecular weight is 671 g/mol. The number of thiophene rings is 2. The van der Waals surface area contributed by atoms with E-state index in [1.54, 1.807) is 15.9 Å². The predicted molar refractivity (Wildman–Crippen MR) is 164 cm³/mol. The number of aromatic nitrogens is 1. The van der Waals surface area contributed by atoms with Crippen molar-refractivity contribution in [2.75, 3.05) is 18.0 Å². The van der Waals surface area contributed by atoms with Crippen molar-refractivity contribution in [2.45, 2.75) is 78.0 Å². The minimum atomic E-state index is -0.700. The maximum Gasteiger partial charge on any atom is 0.415 e. The number of rotatable bonds is 4. The van der Waals surface area contributed by atoms with Crippen LogP contribution in [0.4, 0.5) is 15.3 Å². The molecular weight excluding hydrogens is 638 g/mol. The van der Waals surface area contributed by atoms with Crippen LogP contribution < -0.4 is 4.90 Å². The fraction of sp³-hybridized carbons (Fsp3) is 0.500. The molecule has 0 bridgehead atoms. The summed E-state index contributed by atoms with van der Waals surface area (Å²) in [6, 6.07) is 5.55. The summed E-state index contributed by atoms with van der Waals surface area (Å²) in [5.74, 6) is -0.409. The van der Waals surface area contributed by atoms with E-state index in [-0.39, 0.29) is 17.4 Å². The van der Waals surface area contributed by atoms with Crippen LogP contribution in [0.2, 0.25) is 5.15 Å². The van der Waals surface area contributed by atoms with Gasteiger partial charge >= 0.3 is 12.2 Å². The van der Waals surface area contributed by atoms with Gasteiger partial charge in [-0.25, -0.2) is 14.6 Å². The molecule has 216 valence electrons. The molecule has 1 atom stereocenters. The number of nitrogens with zero attached hydrogens (tertiary/aromatic N) is 3. The van der Waals surface area contributed by atoms with Crippen molar-refractivity contribution in [3.63, 3.8) is 0 Å². The van der Waals surface area contributed by atoms with Crippen molar-refractivity contribution in [1.82, 2.24) is 9.88 Å². The first-order chi connectivity index (χ1) is 18.6. The van der Waals surface area contributed by atoms with Gasteiger partial charge in [-0.05, 0) is 75.3 Å². The molecule has 4 rings (SSSR count). The van der Waals surface area contributed by atoms with E-state index in [9.17, 15) is 14.4 Å². The normalized spacial score (nSPS) is 16.6. The van der Waals surface area contributed by atoms with Crippen molar-refractivity contribution >= 4 is 84.1 Å². The topological polar surface area (TPSA) is 89.0 Å². The van der Waals surface area contributed by atoms with Gasteiger partial charge in [0.2, 0.25) is 0 Å². The third kappa shape index (κ3) is 7.35. The fourth-order valence-electron chi connectivity index (χ4n) is 4.32. The number of pyridine rings is 1. The number of fused-ring (bicyclic) bond motifs is 1. The molecule has 3 aromatic heterocycles. The number of carbonyl (C=O) groups is 3. The Kier molecular flexibility index (Phi) is 9.19. The lowest BCUT2D eigenvalue weighted by Gasteiger charge is -2.27. The van der Waals surface area contributed by atoms with Gasteiger partial charge in [0.15, 0.2) is 0 Å². The zero-order chi connectivity index (χ0) is 29.4. The second-order valence-electron chi connectivity index (χ2n) is 11.6. The predicted octanol–water partition coefficient (Wildman–Crippen LogP) is 8.40. The Morgan fingerprint density at radius 1 is 1.18 bits per heavy atom. The molecule has 0 saturated carbocycles. The second-order valence-corrected chi connectivity index (χ2v) is 14.9. The fourth-order valence-corrected chi connectivity index (χ4v) is 7.46. The van der Waals surface area contributed by atoms with E-state index >= 15 is 0 Å². The smallest absolute Gasteiger partial charge is 0.415 e. The second kappa shape index (κ2) is 12.0. The molecule has 40 heavy (non-hydrogen) atoms. The number of Topliss-reactive ketones (excluding diaryl/α,β-unsaturated/α-hetero) is 1. The number of hydrogen-bond acceptors (Lipinski definition) is 8. The Morgan fingerprint density at radius 2 is 1.88 bits per heavy atom. The highest BCUT2D eigenvalue weighted by Crippen LogP contribution is 2.46. The lowest BCUT2D eigenvalue weighted by atomic mass is 9.97. The molecule has 0 radical (unpaired) electrons. The third-order valence-electron chi connectivity index (χ3n) is 6.03. The summed E-state index contributed by atoms with van der Waals surface area (Å²) in [7, 11) is 0. The molecule has 12 heteroatoms. The lowest BCUT2D eigenvalue weighted by Crippen LogP contribution is -2.37. The number of ketones is 1. The highest BCUT2D eigenvalue weighted by molar-refractivity contribution is 9.10. The minimum Gasteiger partial charge on any atom is -0.444 e. The third-order valence-corrected chi connectivity index (χ3v) is 9.46. The number of ether oxygens (including phenoxy) is 2. The largest absolute Gasteiger partial charge is 0.444 e. The summed E-state index contributed by atoms with van der Waals surface area (Å²) in [5.41, 5.74) is -0.185. The van der Waals surface area contributed by atoms with Crippen LogP contribution in [-0.2, 0) is 20.8 Å². The van der Waals surface area contributed by atoms with E-state index in [1.165, 1.54) is 22.7 Å². The van der Waals surface area contributed by atoms with Gasteiger partial charge in [0, 0.05) is 35.3 Å². The van der Waals surface area contributed by atoms with Gasteiger partial charge in [0.1, 0.15) is 22.1 Å². The van der Waals surface area contributed by atoms with Gasteiger partial charge in [-0.3, -0.25) is 9.69 Å². The minimum absolute atomic E-state index is 0.0357. The molecule has 1 aliphatic rings. The first-order valence-electron chi connectivity index (χ1n) is 12.9. The van der Waals surface area contributed by atoms with Crippen LogP contribution in [0.25, 0.3) is 10.2 Å². The molecule has 1 aliphatic heterocycles. The molecule has 8 nitrogen and oxygen atoms in total. The number of halogens is 2. The van der Waals surface area contributed by atoms with Crippen molar-refractivity contribution in [1.29, 1.82) is 0 Å². The quantitative estimate of drug-likeness (QED) is 0.259. The number of amides is 2. The Bertz CT molecular complexity index is 1410. The molecule has 0 aliphatic carbocycles. The van der Waals surface area contributed by atoms with Crippen molar-refractivity contribution < 1.29 is 23.9 Å². The summed E-state index contributed by atoms with van der Waals surface area (Å²) < 4.78 is 12.7. The SMILES string of the molecule is CC(C)(C)OC(=O)N1CCC(=O)C(c2sc3c(N(Cc4cccs4)C(=O)OC(C)(C)C)cc(Cl)nc3c2Br)CC1. The Labute approximate surface area is 255 Å². The number of likely N-dealkylation sites (tertiary alicyclic amines) is 1. The van der Waals surface area contributed by atoms with Crippen LogP contribution in [-0.4, -0.2) is 52.1 Å². The first kappa shape index (κ1) is 30.7. The van der Waals surface area contributed by atoms with E-state index in [0.717, 1.165) is 14.5 Å². The zero-order valence-corrected chi connectivity index (χ0v) is 27.4. The van der Waals surface area contributed by atoms with Gasteiger partial charge in [-0.1, -0.05) is 17.7 Å². The monoisotopic (exact) mass is 669 g/mol.